The van der Waals surface area contributed by atoms with Crippen molar-refractivity contribution < 1.29 is 32.9 Å². The number of hydrogen-bond donors (Lipinski definition) is 4. The Bertz CT molecular complexity index is 27.2. The van der Waals surface area contributed by atoms with E-state index in [1.165, 1.54) is 0 Å². The molecule has 4 nitrogen and oxygen atoms in total. The molecule has 7 heavy (non-hydrogen) atoms. The second kappa shape index (κ2) is 8.03. The Hall–Kier alpha value is 3.93. The summed E-state index contributed by atoms with van der Waals surface area (Å²) in [6.07, 6.45) is 0. The van der Waals surface area contributed by atoms with Gasteiger partial charge < -0.3 is 0 Å². The Morgan fingerprint density at radius 1 is 0.857 bits per heavy atom. The van der Waals surface area contributed by atoms with Crippen molar-refractivity contribution in [2.75, 3.05) is 0 Å². The molecule has 0 saturated heterocycles. The summed E-state index contributed by atoms with van der Waals surface area (Å²) in [5.41, 5.74) is 0. The fourth-order valence-electron chi connectivity index (χ4n) is 0. The van der Waals surface area contributed by atoms with Crippen LogP contribution in [0.2, 0.25) is 0 Å². The fraction of sp³-hybridized carbons (Fsp3) is 0. The van der Waals surface area contributed by atoms with Crippen molar-refractivity contribution in [2.45, 2.75) is 0 Å². The molecule has 0 aliphatic heterocycles. The van der Waals surface area contributed by atoms with Crippen molar-refractivity contribution in [1.82, 2.24) is 0 Å². The molecule has 0 rings (SSSR count). The standard InChI is InChI=1S/Ba.4H2O.Rb.Ti.3H/h;4*1H2;;;;;/q;;;;;;+4;;;/p-4. The van der Waals surface area contributed by atoms with Crippen LogP contribution in [-0.4, -0.2) is 122 Å². The zero-order valence-electron chi connectivity index (χ0n) is 2.29. The average Bonchev–Trinajstić information content (AvgIpc) is 0.722. The molecule has 0 bridgehead atoms. The summed E-state index contributed by atoms with van der Waals surface area (Å²) in [7, 11) is 0. The van der Waals surface area contributed by atoms with Gasteiger partial charge in [0.15, 0.2) is 0 Å². The molecule has 0 aromatic heterocycles. The van der Waals surface area contributed by atoms with Crippen molar-refractivity contribution in [3.05, 3.63) is 0 Å². The molecule has 0 aromatic rings. The predicted octanol–water partition coefficient (Wildman–Crippen LogP) is -3.80. The number of rotatable bonds is 0. The molecule has 38 valence electrons. The first-order valence-electron chi connectivity index (χ1n) is 0.894. The van der Waals surface area contributed by atoms with Crippen LogP contribution in [0.3, 0.4) is 0 Å². The second-order valence-electron chi connectivity index (χ2n) is 0.600. The molecule has 0 atom stereocenters. The average molecular weight is 342 g/mol. The van der Waals surface area contributed by atoms with Crippen LogP contribution < -0.4 is 0 Å². The molecule has 4 N–H and O–H groups in total. The van der Waals surface area contributed by atoms with E-state index >= 15 is 0 Å². The number of hydrogen-bond acceptors (Lipinski definition) is 4. The summed E-state index contributed by atoms with van der Waals surface area (Å²) in [6.45, 7) is 0. The minimum atomic E-state index is -5.00. The summed E-state index contributed by atoms with van der Waals surface area (Å²) in [4.78, 5) is 0. The van der Waals surface area contributed by atoms with Crippen molar-refractivity contribution in [3.63, 3.8) is 0 Å². The minimum absolute atomic E-state index is 0. The van der Waals surface area contributed by atoms with Gasteiger partial charge >= 0.3 is 140 Å². The molecule has 0 aliphatic carbocycles. The Kier molecular flexibility index (Phi) is 19.7. The molecule has 0 unspecified atom stereocenters. The maximum absolute atomic E-state index is 7.38. The molecular formula is H7BaO4RbTi. The quantitative estimate of drug-likeness (QED) is 0.341. The Labute approximate surface area is 135 Å². The van der Waals surface area contributed by atoms with Crippen LogP contribution in [-0.2, 0) is 18.1 Å². The van der Waals surface area contributed by atoms with Gasteiger partial charge in [0.25, 0.3) is 0 Å². The van der Waals surface area contributed by atoms with Crippen LogP contribution in [0.1, 0.15) is 0 Å². The Morgan fingerprint density at radius 2 is 0.857 bits per heavy atom. The van der Waals surface area contributed by atoms with Crippen molar-refractivity contribution >= 4 is 107 Å². The first-order chi connectivity index (χ1) is 2.00. The van der Waals surface area contributed by atoms with E-state index < -0.39 is 18.1 Å². The van der Waals surface area contributed by atoms with Crippen LogP contribution >= 0.6 is 0 Å². The van der Waals surface area contributed by atoms with Crippen molar-refractivity contribution in [3.8, 4) is 0 Å². The summed E-state index contributed by atoms with van der Waals surface area (Å²) in [6, 6.07) is 0. The van der Waals surface area contributed by atoms with Crippen molar-refractivity contribution in [2.24, 2.45) is 0 Å². The molecule has 0 saturated carbocycles. The third-order valence-corrected chi connectivity index (χ3v) is 0. The summed E-state index contributed by atoms with van der Waals surface area (Å²) in [5, 5.41) is 0. The van der Waals surface area contributed by atoms with Crippen LogP contribution in [0.4, 0.5) is 0 Å². The normalized spacial score (nSPS) is 8.57. The second-order valence-corrected chi connectivity index (χ2v) is 2.47. The van der Waals surface area contributed by atoms with Gasteiger partial charge in [-0.15, -0.1) is 0 Å². The van der Waals surface area contributed by atoms with Crippen LogP contribution in [0, 0.1) is 0 Å². The van der Waals surface area contributed by atoms with Gasteiger partial charge in [-0.3, -0.25) is 0 Å². The SMILES string of the molecule is [BaH2].[OH][Ti]([OH])([OH])[OH].[RbH]. The third-order valence-electron chi connectivity index (χ3n) is 0. The molecule has 0 aliphatic rings. The Morgan fingerprint density at radius 3 is 0.857 bits per heavy atom. The third kappa shape index (κ3) is 40.4. The van der Waals surface area contributed by atoms with Gasteiger partial charge in [-0.2, -0.15) is 0 Å². The van der Waals surface area contributed by atoms with Gasteiger partial charge in [-0.05, 0) is 0 Å². The van der Waals surface area contributed by atoms with Gasteiger partial charge in [-0.25, -0.2) is 0 Å². The van der Waals surface area contributed by atoms with E-state index in [2.05, 4.69) is 0 Å². The zero-order valence-corrected chi connectivity index (χ0v) is 3.85. The van der Waals surface area contributed by atoms with Gasteiger partial charge in [0.05, 0.1) is 0 Å². The van der Waals surface area contributed by atoms with Crippen molar-refractivity contribution in [1.29, 1.82) is 0 Å². The molecule has 0 fully saturated rings. The first-order valence-corrected chi connectivity index (χ1v) is 3.69. The molecule has 0 heterocycles. The van der Waals surface area contributed by atoms with E-state index in [0.717, 1.165) is 0 Å². The van der Waals surface area contributed by atoms with Gasteiger partial charge in [0.1, 0.15) is 0 Å². The molecule has 0 spiro atoms. The zero-order chi connectivity index (χ0) is 4.50. The van der Waals surface area contributed by atoms with E-state index in [0.29, 0.717) is 0 Å². The molecule has 0 amide bonds. The first kappa shape index (κ1) is 17.1. The topological polar surface area (TPSA) is 80.9 Å². The van der Waals surface area contributed by atoms with E-state index in [9.17, 15) is 0 Å². The van der Waals surface area contributed by atoms with E-state index in [4.69, 9.17) is 14.8 Å². The predicted molar refractivity (Wildman–Crippen MR) is 24.6 cm³/mol. The summed E-state index contributed by atoms with van der Waals surface area (Å²) >= 11 is -5.00. The maximum atomic E-state index is 7.38. The molecule has 0 aromatic carbocycles. The Balaban J connectivity index is -0.0000000800. The monoisotopic (exact) mass is 342 g/mol. The summed E-state index contributed by atoms with van der Waals surface area (Å²) < 4.78 is 29.5. The fourth-order valence-corrected chi connectivity index (χ4v) is 0. The molecule has 7 heteroatoms. The summed E-state index contributed by atoms with van der Waals surface area (Å²) in [5.74, 6) is 0. The van der Waals surface area contributed by atoms with E-state index in [-0.39, 0.29) is 107 Å². The van der Waals surface area contributed by atoms with Crippen LogP contribution in [0.5, 0.6) is 0 Å². The van der Waals surface area contributed by atoms with Gasteiger partial charge in [-0.1, -0.05) is 0 Å². The molecular weight excluding hydrogens is 335 g/mol. The van der Waals surface area contributed by atoms with Crippen LogP contribution in [0.15, 0.2) is 0 Å². The molecule has 0 radical (unpaired) electrons. The van der Waals surface area contributed by atoms with E-state index in [1.54, 1.807) is 0 Å². The van der Waals surface area contributed by atoms with Gasteiger partial charge in [0.2, 0.25) is 0 Å². The van der Waals surface area contributed by atoms with E-state index in [1.807, 2.05) is 0 Å². The van der Waals surface area contributed by atoms with Gasteiger partial charge in [0, 0.05) is 0 Å². The van der Waals surface area contributed by atoms with Crippen LogP contribution in [0.25, 0.3) is 0 Å².